The fourth-order valence-electron chi connectivity index (χ4n) is 2.93. The van der Waals surface area contributed by atoms with Gasteiger partial charge in [0.15, 0.2) is 5.58 Å². The van der Waals surface area contributed by atoms with Crippen molar-refractivity contribution in [3.63, 3.8) is 0 Å². The molecule has 0 saturated carbocycles. The van der Waals surface area contributed by atoms with E-state index < -0.39 is 11.7 Å². The predicted molar refractivity (Wildman–Crippen MR) is 106 cm³/mol. The maximum Gasteiger partial charge on any atom is 0.416 e. The van der Waals surface area contributed by atoms with Gasteiger partial charge in [0.2, 0.25) is 5.91 Å². The number of oxazole rings is 1. The first-order valence-electron chi connectivity index (χ1n) is 8.78. The number of thiophene rings is 1. The molecule has 0 unspecified atom stereocenters. The number of fused-ring (bicyclic) bond motifs is 1. The lowest BCUT2D eigenvalue weighted by molar-refractivity contribution is -0.137. The number of halogens is 3. The number of anilines is 1. The molecule has 2 heterocycles. The van der Waals surface area contributed by atoms with Gasteiger partial charge in [0, 0.05) is 6.42 Å². The van der Waals surface area contributed by atoms with Crippen LogP contribution in [-0.2, 0) is 17.4 Å². The highest BCUT2D eigenvalue weighted by atomic mass is 32.1. The Bertz CT molecular complexity index is 1150. The van der Waals surface area contributed by atoms with Gasteiger partial charge in [-0.3, -0.25) is 10.1 Å². The Hall–Kier alpha value is -3.13. The van der Waals surface area contributed by atoms with E-state index in [1.807, 2.05) is 29.0 Å². The highest BCUT2D eigenvalue weighted by molar-refractivity contribution is 7.08. The van der Waals surface area contributed by atoms with Gasteiger partial charge in [-0.25, -0.2) is 0 Å². The second kappa shape index (κ2) is 7.71. The summed E-state index contributed by atoms with van der Waals surface area (Å²) in [6.45, 7) is 0. The van der Waals surface area contributed by atoms with Crippen molar-refractivity contribution in [3.8, 4) is 11.1 Å². The number of alkyl halides is 3. The summed E-state index contributed by atoms with van der Waals surface area (Å²) in [7, 11) is 0. The number of aryl methyl sites for hydroxylation is 1. The molecule has 0 bridgehead atoms. The monoisotopic (exact) mass is 416 g/mol. The number of hydrogen-bond donors (Lipinski definition) is 1. The topological polar surface area (TPSA) is 55.1 Å². The van der Waals surface area contributed by atoms with Crippen LogP contribution < -0.4 is 5.32 Å². The quantitative estimate of drug-likeness (QED) is 0.425. The van der Waals surface area contributed by atoms with Gasteiger partial charge in [-0.2, -0.15) is 29.5 Å². The lowest BCUT2D eigenvalue weighted by atomic mass is 10.1. The average molecular weight is 416 g/mol. The van der Waals surface area contributed by atoms with Crippen LogP contribution in [0.1, 0.15) is 17.5 Å². The molecule has 4 aromatic rings. The fraction of sp³-hybridized carbons (Fsp3) is 0.143. The summed E-state index contributed by atoms with van der Waals surface area (Å²) in [6, 6.07) is 12.6. The van der Waals surface area contributed by atoms with Crippen LogP contribution in [0.5, 0.6) is 0 Å². The first kappa shape index (κ1) is 19.2. The summed E-state index contributed by atoms with van der Waals surface area (Å²) in [4.78, 5) is 16.4. The second-order valence-corrected chi connectivity index (χ2v) is 7.24. The van der Waals surface area contributed by atoms with Gasteiger partial charge in [-0.05, 0) is 58.1 Å². The minimum atomic E-state index is -4.40. The zero-order valence-corrected chi connectivity index (χ0v) is 15.8. The Balaban J connectivity index is 1.41. The number of nitrogens with zero attached hydrogens (tertiary/aromatic N) is 1. The van der Waals surface area contributed by atoms with E-state index in [2.05, 4.69) is 10.3 Å². The zero-order valence-electron chi connectivity index (χ0n) is 15.0. The number of carbonyl (C=O) groups is 1. The second-order valence-electron chi connectivity index (χ2n) is 6.46. The van der Waals surface area contributed by atoms with Crippen molar-refractivity contribution in [1.29, 1.82) is 0 Å². The van der Waals surface area contributed by atoms with Crippen LogP contribution in [0.3, 0.4) is 0 Å². The standard InChI is InChI=1S/C21H15F3N2O2S/c22-21(23,24)16-3-1-2-13(10-16)4-7-19(27)26-20-25-17-11-14(5-6-18(17)28-20)15-8-9-29-12-15/h1-3,5-6,8-12H,4,7H2,(H,25,26,27). The Labute approximate surface area is 168 Å². The first-order chi connectivity index (χ1) is 13.9. The molecule has 1 N–H and O–H groups in total. The molecule has 0 radical (unpaired) electrons. The molecule has 0 fully saturated rings. The van der Waals surface area contributed by atoms with Gasteiger partial charge < -0.3 is 4.42 Å². The molecule has 2 aromatic carbocycles. The maximum absolute atomic E-state index is 12.8. The normalized spacial score (nSPS) is 11.7. The molecule has 0 spiro atoms. The Morgan fingerprint density at radius 3 is 2.72 bits per heavy atom. The van der Waals surface area contributed by atoms with Crippen molar-refractivity contribution in [1.82, 2.24) is 4.98 Å². The van der Waals surface area contributed by atoms with Crippen LogP contribution in [0.4, 0.5) is 19.2 Å². The summed E-state index contributed by atoms with van der Waals surface area (Å²) in [6.07, 6.45) is -4.21. The summed E-state index contributed by atoms with van der Waals surface area (Å²) >= 11 is 1.60. The summed E-state index contributed by atoms with van der Waals surface area (Å²) < 4.78 is 43.9. The van der Waals surface area contributed by atoms with Crippen molar-refractivity contribution in [2.45, 2.75) is 19.0 Å². The van der Waals surface area contributed by atoms with E-state index in [1.54, 1.807) is 23.5 Å². The number of carbonyl (C=O) groups excluding carboxylic acids is 1. The summed E-state index contributed by atoms with van der Waals surface area (Å²) in [5, 5.41) is 6.57. The smallest absolute Gasteiger partial charge is 0.416 e. The third kappa shape index (κ3) is 4.48. The SMILES string of the molecule is O=C(CCc1cccc(C(F)(F)F)c1)Nc1nc2cc(-c3ccsc3)ccc2o1. The Kier molecular flexibility index (Phi) is 5.10. The van der Waals surface area contributed by atoms with Crippen LogP contribution in [-0.4, -0.2) is 10.9 Å². The molecule has 2 aromatic heterocycles. The van der Waals surface area contributed by atoms with Crippen molar-refractivity contribution in [2.75, 3.05) is 5.32 Å². The molecule has 8 heteroatoms. The van der Waals surface area contributed by atoms with Crippen LogP contribution in [0.2, 0.25) is 0 Å². The number of benzene rings is 2. The zero-order chi connectivity index (χ0) is 20.4. The molecule has 4 rings (SSSR count). The Morgan fingerprint density at radius 1 is 1.10 bits per heavy atom. The molecule has 0 aliphatic rings. The van der Waals surface area contributed by atoms with E-state index >= 15 is 0 Å². The molecule has 0 saturated heterocycles. The van der Waals surface area contributed by atoms with E-state index in [9.17, 15) is 18.0 Å². The van der Waals surface area contributed by atoms with E-state index in [-0.39, 0.29) is 24.8 Å². The van der Waals surface area contributed by atoms with Gasteiger partial charge in [-0.15, -0.1) is 0 Å². The van der Waals surface area contributed by atoms with Crippen molar-refractivity contribution >= 4 is 34.4 Å². The van der Waals surface area contributed by atoms with Crippen LogP contribution >= 0.6 is 11.3 Å². The van der Waals surface area contributed by atoms with Gasteiger partial charge in [0.25, 0.3) is 0 Å². The van der Waals surface area contributed by atoms with Gasteiger partial charge in [-0.1, -0.05) is 24.3 Å². The Morgan fingerprint density at radius 2 is 1.97 bits per heavy atom. The van der Waals surface area contributed by atoms with Crippen LogP contribution in [0.15, 0.2) is 63.7 Å². The summed E-state index contributed by atoms with van der Waals surface area (Å²) in [5.41, 5.74) is 2.93. The number of rotatable bonds is 5. The third-order valence-corrected chi connectivity index (χ3v) is 5.07. The summed E-state index contributed by atoms with van der Waals surface area (Å²) in [5.74, 6) is -0.382. The minimum absolute atomic E-state index is 0.0141. The molecular formula is C21H15F3N2O2S. The largest absolute Gasteiger partial charge is 0.423 e. The molecule has 29 heavy (non-hydrogen) atoms. The molecule has 148 valence electrons. The minimum Gasteiger partial charge on any atom is -0.423 e. The highest BCUT2D eigenvalue weighted by Crippen LogP contribution is 2.30. The van der Waals surface area contributed by atoms with Crippen molar-refractivity contribution < 1.29 is 22.4 Å². The van der Waals surface area contributed by atoms with Crippen LogP contribution in [0.25, 0.3) is 22.2 Å². The van der Waals surface area contributed by atoms with Crippen molar-refractivity contribution in [3.05, 3.63) is 70.4 Å². The van der Waals surface area contributed by atoms with Gasteiger partial charge in [0.05, 0.1) is 5.56 Å². The fourth-order valence-corrected chi connectivity index (χ4v) is 3.60. The van der Waals surface area contributed by atoms with E-state index in [0.29, 0.717) is 16.7 Å². The predicted octanol–water partition coefficient (Wildman–Crippen LogP) is 6.15. The van der Waals surface area contributed by atoms with E-state index in [1.165, 1.54) is 6.07 Å². The molecule has 0 aliphatic heterocycles. The number of aromatic nitrogens is 1. The average Bonchev–Trinajstić information content (AvgIpc) is 3.34. The van der Waals surface area contributed by atoms with E-state index in [4.69, 9.17) is 4.42 Å². The maximum atomic E-state index is 12.8. The van der Waals surface area contributed by atoms with E-state index in [0.717, 1.165) is 23.3 Å². The molecule has 1 amide bonds. The lowest BCUT2D eigenvalue weighted by Crippen LogP contribution is -2.13. The molecular weight excluding hydrogens is 401 g/mol. The number of nitrogens with one attached hydrogen (secondary N) is 1. The molecule has 4 nitrogen and oxygen atoms in total. The first-order valence-corrected chi connectivity index (χ1v) is 9.72. The van der Waals surface area contributed by atoms with Gasteiger partial charge in [0.1, 0.15) is 5.52 Å². The highest BCUT2D eigenvalue weighted by Gasteiger charge is 2.30. The van der Waals surface area contributed by atoms with Gasteiger partial charge >= 0.3 is 12.2 Å². The number of hydrogen-bond acceptors (Lipinski definition) is 4. The molecule has 0 aliphatic carbocycles. The lowest BCUT2D eigenvalue weighted by Gasteiger charge is -2.08. The number of amides is 1. The third-order valence-electron chi connectivity index (χ3n) is 4.38. The van der Waals surface area contributed by atoms with Crippen LogP contribution in [0, 0.1) is 0 Å². The van der Waals surface area contributed by atoms with Crippen molar-refractivity contribution in [2.24, 2.45) is 0 Å². The molecule has 0 atom stereocenters.